The first-order valence-corrected chi connectivity index (χ1v) is 14.1. The number of thioether (sulfide) groups is 1. The van der Waals surface area contributed by atoms with Crippen molar-refractivity contribution in [1.29, 1.82) is 5.26 Å². The van der Waals surface area contributed by atoms with Gasteiger partial charge < -0.3 is 9.47 Å². The van der Waals surface area contributed by atoms with Crippen molar-refractivity contribution in [3.05, 3.63) is 130 Å². The Hall–Kier alpha value is -4.80. The van der Waals surface area contributed by atoms with Gasteiger partial charge >= 0.3 is 0 Å². The van der Waals surface area contributed by atoms with Crippen molar-refractivity contribution >= 4 is 34.6 Å². The van der Waals surface area contributed by atoms with E-state index in [1.165, 1.54) is 11.8 Å². The van der Waals surface area contributed by atoms with Gasteiger partial charge in [0.1, 0.15) is 6.61 Å². The number of benzene rings is 4. The summed E-state index contributed by atoms with van der Waals surface area (Å²) in [5, 5.41) is 10.0. The average molecular weight is 560 g/mol. The van der Waals surface area contributed by atoms with Crippen LogP contribution in [0.25, 0.3) is 6.08 Å². The number of carbonyl (C=O) groups is 1. The first-order valence-electron chi connectivity index (χ1n) is 13.2. The largest absolute Gasteiger partial charge is 0.493 e. The molecule has 6 nitrogen and oxygen atoms in total. The van der Waals surface area contributed by atoms with E-state index in [9.17, 15) is 10.1 Å². The van der Waals surface area contributed by atoms with Crippen LogP contribution < -0.4 is 9.47 Å². The number of hydrogen-bond acceptors (Lipinski definition) is 6. The number of nitriles is 1. The molecule has 0 aliphatic carbocycles. The molecule has 41 heavy (non-hydrogen) atoms. The van der Waals surface area contributed by atoms with Crippen molar-refractivity contribution in [2.24, 2.45) is 4.99 Å². The molecular formula is C34H29N3O3S. The number of aliphatic imine (C=N–C) groups is 1. The Bertz CT molecular complexity index is 1640. The maximum Gasteiger partial charge on any atom is 0.266 e. The van der Waals surface area contributed by atoms with E-state index in [0.29, 0.717) is 33.7 Å². The highest BCUT2D eigenvalue weighted by atomic mass is 32.2. The van der Waals surface area contributed by atoms with Crippen molar-refractivity contribution < 1.29 is 14.3 Å². The van der Waals surface area contributed by atoms with E-state index < -0.39 is 0 Å². The van der Waals surface area contributed by atoms with Crippen LogP contribution in [0.1, 0.15) is 27.8 Å². The lowest BCUT2D eigenvalue weighted by Gasteiger charge is -2.15. The second kappa shape index (κ2) is 13.0. The quantitative estimate of drug-likeness (QED) is 0.201. The number of hydrogen-bond donors (Lipinski definition) is 0. The predicted molar refractivity (Wildman–Crippen MR) is 164 cm³/mol. The summed E-state index contributed by atoms with van der Waals surface area (Å²) in [5.74, 6) is 1.02. The smallest absolute Gasteiger partial charge is 0.266 e. The zero-order valence-electron chi connectivity index (χ0n) is 22.9. The molecule has 5 rings (SSSR count). The van der Waals surface area contributed by atoms with Crippen LogP contribution in [-0.2, 0) is 17.8 Å². The third-order valence-corrected chi connectivity index (χ3v) is 7.63. The summed E-state index contributed by atoms with van der Waals surface area (Å²) in [6, 6.07) is 33.2. The summed E-state index contributed by atoms with van der Waals surface area (Å²) in [6.45, 7) is 2.80. The zero-order valence-corrected chi connectivity index (χ0v) is 23.7. The van der Waals surface area contributed by atoms with Crippen LogP contribution >= 0.6 is 11.8 Å². The molecule has 0 radical (unpaired) electrons. The molecule has 204 valence electrons. The SMILES string of the molecule is COc1cc(/C=C2/SC(=Nc3ccc(C)cc3)N(CCc3ccccc3)C2=O)ccc1OCc1ccccc1C#N. The third-order valence-electron chi connectivity index (χ3n) is 6.62. The Morgan fingerprint density at radius 1 is 0.951 bits per heavy atom. The molecule has 4 aromatic carbocycles. The Labute approximate surface area is 244 Å². The van der Waals surface area contributed by atoms with Gasteiger partial charge in [0.2, 0.25) is 0 Å². The van der Waals surface area contributed by atoms with Crippen molar-refractivity contribution in [3.8, 4) is 17.6 Å². The van der Waals surface area contributed by atoms with E-state index in [2.05, 4.69) is 18.2 Å². The predicted octanol–water partition coefficient (Wildman–Crippen LogP) is 7.30. The maximum atomic E-state index is 13.6. The molecule has 1 saturated heterocycles. The summed E-state index contributed by atoms with van der Waals surface area (Å²) in [6.07, 6.45) is 2.58. The number of amidine groups is 1. The van der Waals surface area contributed by atoms with Crippen LogP contribution in [0.5, 0.6) is 11.5 Å². The summed E-state index contributed by atoms with van der Waals surface area (Å²) in [7, 11) is 1.58. The summed E-state index contributed by atoms with van der Waals surface area (Å²) in [4.78, 5) is 20.8. The number of methoxy groups -OCH3 is 1. The van der Waals surface area contributed by atoms with Crippen LogP contribution in [-0.4, -0.2) is 29.6 Å². The molecule has 0 unspecified atom stereocenters. The number of rotatable bonds is 9. The molecule has 0 aromatic heterocycles. The minimum atomic E-state index is -0.0794. The minimum Gasteiger partial charge on any atom is -0.493 e. The number of ether oxygens (including phenoxy) is 2. The standard InChI is InChI=1S/C34H29N3O3S/c1-24-12-15-29(16-13-24)36-34-37(19-18-25-8-4-3-5-9-25)33(38)32(41-34)21-26-14-17-30(31(20-26)39-2)40-23-28-11-7-6-10-27(28)22-35/h3-17,20-21H,18-19,23H2,1-2H3/b32-21+,36-34?. The maximum absolute atomic E-state index is 13.6. The van der Waals surface area contributed by atoms with Gasteiger partial charge in [-0.05, 0) is 72.6 Å². The molecule has 1 fully saturated rings. The van der Waals surface area contributed by atoms with Gasteiger partial charge in [0.25, 0.3) is 5.91 Å². The Morgan fingerprint density at radius 2 is 1.71 bits per heavy atom. The molecule has 0 atom stereocenters. The Morgan fingerprint density at radius 3 is 2.46 bits per heavy atom. The lowest BCUT2D eigenvalue weighted by atomic mass is 10.1. The topological polar surface area (TPSA) is 74.9 Å². The van der Waals surface area contributed by atoms with E-state index in [4.69, 9.17) is 14.5 Å². The third kappa shape index (κ3) is 6.86. The van der Waals surface area contributed by atoms with Gasteiger partial charge in [0.05, 0.1) is 29.3 Å². The van der Waals surface area contributed by atoms with E-state index in [-0.39, 0.29) is 12.5 Å². The molecule has 1 amide bonds. The van der Waals surface area contributed by atoms with Crippen LogP contribution in [0.2, 0.25) is 0 Å². The molecule has 1 aliphatic heterocycles. The molecular weight excluding hydrogens is 530 g/mol. The van der Waals surface area contributed by atoms with Crippen molar-refractivity contribution in [1.82, 2.24) is 4.90 Å². The van der Waals surface area contributed by atoms with Gasteiger partial charge in [0.15, 0.2) is 16.7 Å². The molecule has 0 N–H and O–H groups in total. The van der Waals surface area contributed by atoms with Crippen LogP contribution in [0.3, 0.4) is 0 Å². The van der Waals surface area contributed by atoms with Crippen LogP contribution in [0, 0.1) is 18.3 Å². The minimum absolute atomic E-state index is 0.0794. The van der Waals surface area contributed by atoms with E-state index in [0.717, 1.165) is 34.4 Å². The van der Waals surface area contributed by atoms with E-state index >= 15 is 0 Å². The number of amides is 1. The highest BCUT2D eigenvalue weighted by Gasteiger charge is 2.33. The molecule has 0 saturated carbocycles. The highest BCUT2D eigenvalue weighted by molar-refractivity contribution is 8.18. The fraction of sp³-hybridized carbons (Fsp3) is 0.147. The monoisotopic (exact) mass is 559 g/mol. The fourth-order valence-electron chi connectivity index (χ4n) is 4.36. The fourth-order valence-corrected chi connectivity index (χ4v) is 5.38. The summed E-state index contributed by atoms with van der Waals surface area (Å²) in [5.41, 5.74) is 5.30. The van der Waals surface area contributed by atoms with E-state index in [1.54, 1.807) is 18.1 Å². The first-order chi connectivity index (χ1) is 20.0. The lowest BCUT2D eigenvalue weighted by molar-refractivity contribution is -0.122. The van der Waals surface area contributed by atoms with Gasteiger partial charge in [-0.3, -0.25) is 9.69 Å². The molecule has 0 spiro atoms. The second-order valence-corrected chi connectivity index (χ2v) is 10.5. The summed E-state index contributed by atoms with van der Waals surface area (Å²) < 4.78 is 11.6. The summed E-state index contributed by atoms with van der Waals surface area (Å²) >= 11 is 1.37. The normalized spacial score (nSPS) is 14.9. The highest BCUT2D eigenvalue weighted by Crippen LogP contribution is 2.36. The molecule has 1 heterocycles. The average Bonchev–Trinajstić information content (AvgIpc) is 3.29. The number of nitrogens with zero attached hydrogens (tertiary/aromatic N) is 3. The van der Waals surface area contributed by atoms with Crippen LogP contribution in [0.15, 0.2) is 107 Å². The van der Waals surface area contributed by atoms with Crippen LogP contribution in [0.4, 0.5) is 5.69 Å². The molecule has 0 bridgehead atoms. The second-order valence-electron chi connectivity index (χ2n) is 9.50. The van der Waals surface area contributed by atoms with Gasteiger partial charge in [-0.2, -0.15) is 5.26 Å². The van der Waals surface area contributed by atoms with Crippen molar-refractivity contribution in [3.63, 3.8) is 0 Å². The molecule has 1 aliphatic rings. The Kier molecular flexibility index (Phi) is 8.82. The van der Waals surface area contributed by atoms with Gasteiger partial charge in [0, 0.05) is 12.1 Å². The number of aryl methyl sites for hydroxylation is 1. The van der Waals surface area contributed by atoms with E-state index in [1.807, 2.05) is 91.9 Å². The molecule has 7 heteroatoms. The lowest BCUT2D eigenvalue weighted by Crippen LogP contribution is -2.31. The first kappa shape index (κ1) is 27.8. The van der Waals surface area contributed by atoms with Crippen molar-refractivity contribution in [2.75, 3.05) is 13.7 Å². The number of carbonyl (C=O) groups excluding carboxylic acids is 1. The zero-order chi connectivity index (χ0) is 28.6. The molecule has 4 aromatic rings. The van der Waals surface area contributed by atoms with Gasteiger partial charge in [-0.1, -0.05) is 72.3 Å². The van der Waals surface area contributed by atoms with Gasteiger partial charge in [-0.15, -0.1) is 0 Å². The van der Waals surface area contributed by atoms with Gasteiger partial charge in [-0.25, -0.2) is 4.99 Å². The van der Waals surface area contributed by atoms with Crippen molar-refractivity contribution in [2.45, 2.75) is 20.0 Å². The Balaban J connectivity index is 1.38.